The lowest BCUT2D eigenvalue weighted by Gasteiger charge is -2.33. The van der Waals surface area contributed by atoms with Crippen LogP contribution in [-0.2, 0) is 9.47 Å². The van der Waals surface area contributed by atoms with Crippen molar-refractivity contribution in [2.75, 3.05) is 40.0 Å². The Morgan fingerprint density at radius 2 is 1.81 bits per heavy atom. The Hall–Kier alpha value is -0.120. The van der Waals surface area contributed by atoms with Crippen LogP contribution in [0.5, 0.6) is 0 Å². The number of hydrogen-bond acceptors (Lipinski definition) is 3. The summed E-state index contributed by atoms with van der Waals surface area (Å²) in [6.45, 7) is 13.7. The molecule has 128 valence electrons. The summed E-state index contributed by atoms with van der Waals surface area (Å²) in [4.78, 5) is 0. The first-order valence-corrected chi connectivity index (χ1v) is 8.87. The van der Waals surface area contributed by atoms with Crippen molar-refractivity contribution >= 4 is 0 Å². The quantitative estimate of drug-likeness (QED) is 0.458. The third kappa shape index (κ3) is 11.1. The summed E-state index contributed by atoms with van der Waals surface area (Å²) in [6, 6.07) is 0. The first kappa shape index (κ1) is 20.9. The van der Waals surface area contributed by atoms with Gasteiger partial charge in [-0.2, -0.15) is 0 Å². The molecule has 0 aliphatic carbocycles. The lowest BCUT2D eigenvalue weighted by Crippen LogP contribution is -2.36. The third-order valence-corrected chi connectivity index (χ3v) is 4.41. The highest BCUT2D eigenvalue weighted by atomic mass is 16.5. The van der Waals surface area contributed by atoms with Crippen molar-refractivity contribution in [1.29, 1.82) is 0 Å². The van der Waals surface area contributed by atoms with Crippen LogP contribution in [0.2, 0.25) is 0 Å². The maximum atomic E-state index is 5.86. The fourth-order valence-electron chi connectivity index (χ4n) is 2.57. The Morgan fingerprint density at radius 1 is 1.05 bits per heavy atom. The van der Waals surface area contributed by atoms with Gasteiger partial charge in [0.1, 0.15) is 0 Å². The van der Waals surface area contributed by atoms with Crippen LogP contribution in [0.4, 0.5) is 0 Å². The van der Waals surface area contributed by atoms with E-state index in [2.05, 4.69) is 33.0 Å². The van der Waals surface area contributed by atoms with Gasteiger partial charge in [-0.3, -0.25) is 0 Å². The second-order valence-corrected chi connectivity index (χ2v) is 6.67. The second-order valence-electron chi connectivity index (χ2n) is 6.67. The fourth-order valence-corrected chi connectivity index (χ4v) is 2.57. The minimum atomic E-state index is 0.390. The molecule has 0 aromatic carbocycles. The predicted octanol–water partition coefficient (Wildman–Crippen LogP) is 4.26. The molecule has 0 aliphatic rings. The van der Waals surface area contributed by atoms with E-state index in [1.165, 1.54) is 38.5 Å². The highest BCUT2D eigenvalue weighted by molar-refractivity contribution is 4.80. The molecule has 1 atom stereocenters. The zero-order valence-electron chi connectivity index (χ0n) is 15.2. The molecule has 0 saturated carbocycles. The van der Waals surface area contributed by atoms with Gasteiger partial charge >= 0.3 is 0 Å². The summed E-state index contributed by atoms with van der Waals surface area (Å²) < 4.78 is 11.0. The third-order valence-electron chi connectivity index (χ3n) is 4.41. The van der Waals surface area contributed by atoms with E-state index in [1.807, 2.05) is 0 Å². The highest BCUT2D eigenvalue weighted by Crippen LogP contribution is 2.32. The molecule has 0 heterocycles. The van der Waals surface area contributed by atoms with Gasteiger partial charge < -0.3 is 14.8 Å². The van der Waals surface area contributed by atoms with Gasteiger partial charge in [-0.25, -0.2) is 0 Å². The van der Waals surface area contributed by atoms with E-state index >= 15 is 0 Å². The fraction of sp³-hybridized carbons (Fsp3) is 1.00. The van der Waals surface area contributed by atoms with Crippen molar-refractivity contribution in [2.45, 2.75) is 66.2 Å². The van der Waals surface area contributed by atoms with Gasteiger partial charge in [0.2, 0.25) is 0 Å². The van der Waals surface area contributed by atoms with E-state index < -0.39 is 0 Å². The smallest absolute Gasteiger partial charge is 0.0587 e. The SMILES string of the molecule is CCCCC(CC)(CCOCCC(C)C)CNCCOC. The van der Waals surface area contributed by atoms with Crippen LogP contribution in [0.3, 0.4) is 0 Å². The number of hydrogen-bond donors (Lipinski definition) is 1. The Balaban J connectivity index is 4.14. The summed E-state index contributed by atoms with van der Waals surface area (Å²) in [7, 11) is 1.76. The molecule has 0 fully saturated rings. The van der Waals surface area contributed by atoms with Crippen molar-refractivity contribution < 1.29 is 9.47 Å². The Labute approximate surface area is 133 Å². The minimum absolute atomic E-state index is 0.390. The Kier molecular flexibility index (Phi) is 13.5. The molecule has 1 N–H and O–H groups in total. The molecular weight excluding hydrogens is 262 g/mol. The van der Waals surface area contributed by atoms with Crippen molar-refractivity contribution in [3.8, 4) is 0 Å². The maximum Gasteiger partial charge on any atom is 0.0587 e. The van der Waals surface area contributed by atoms with Crippen LogP contribution >= 0.6 is 0 Å². The van der Waals surface area contributed by atoms with Crippen LogP contribution in [0, 0.1) is 11.3 Å². The van der Waals surface area contributed by atoms with Crippen molar-refractivity contribution in [1.82, 2.24) is 5.32 Å². The van der Waals surface area contributed by atoms with Gasteiger partial charge in [0.05, 0.1) is 6.61 Å². The summed E-state index contributed by atoms with van der Waals surface area (Å²) in [5, 5.41) is 3.57. The summed E-state index contributed by atoms with van der Waals surface area (Å²) >= 11 is 0. The molecule has 0 saturated heterocycles. The first-order chi connectivity index (χ1) is 10.1. The standard InChI is InChI=1S/C18H39NO2/c1-6-8-10-18(7-2,16-19-12-15-20-5)11-14-21-13-9-17(3)4/h17,19H,6-16H2,1-5H3. The molecule has 0 spiro atoms. The summed E-state index contributed by atoms with van der Waals surface area (Å²) in [5.74, 6) is 0.733. The van der Waals surface area contributed by atoms with Crippen LogP contribution in [-0.4, -0.2) is 40.0 Å². The number of rotatable bonds is 15. The average Bonchev–Trinajstić information content (AvgIpc) is 2.48. The topological polar surface area (TPSA) is 30.5 Å². The monoisotopic (exact) mass is 301 g/mol. The molecule has 0 aliphatic heterocycles. The zero-order valence-corrected chi connectivity index (χ0v) is 15.2. The maximum absolute atomic E-state index is 5.86. The average molecular weight is 302 g/mol. The largest absolute Gasteiger partial charge is 0.383 e. The number of nitrogens with one attached hydrogen (secondary N) is 1. The van der Waals surface area contributed by atoms with Crippen LogP contribution in [0.15, 0.2) is 0 Å². The summed E-state index contributed by atoms with van der Waals surface area (Å²) in [5.41, 5.74) is 0.390. The van der Waals surface area contributed by atoms with E-state index in [4.69, 9.17) is 9.47 Å². The van der Waals surface area contributed by atoms with Gasteiger partial charge in [-0.15, -0.1) is 0 Å². The molecule has 0 rings (SSSR count). The molecule has 0 amide bonds. The lowest BCUT2D eigenvalue weighted by atomic mass is 9.77. The van der Waals surface area contributed by atoms with E-state index in [0.717, 1.165) is 38.8 Å². The van der Waals surface area contributed by atoms with Gasteiger partial charge in [0, 0.05) is 33.4 Å². The van der Waals surface area contributed by atoms with Crippen LogP contribution < -0.4 is 5.32 Å². The predicted molar refractivity (Wildman–Crippen MR) is 91.9 cm³/mol. The van der Waals surface area contributed by atoms with Crippen LogP contribution in [0.1, 0.15) is 66.2 Å². The lowest BCUT2D eigenvalue weighted by molar-refractivity contribution is 0.0776. The number of unbranched alkanes of at least 4 members (excludes halogenated alkanes) is 1. The highest BCUT2D eigenvalue weighted by Gasteiger charge is 2.26. The van der Waals surface area contributed by atoms with Crippen molar-refractivity contribution in [2.24, 2.45) is 11.3 Å². The van der Waals surface area contributed by atoms with Crippen molar-refractivity contribution in [3.05, 3.63) is 0 Å². The normalized spacial score (nSPS) is 14.6. The van der Waals surface area contributed by atoms with E-state index in [9.17, 15) is 0 Å². The van der Waals surface area contributed by atoms with E-state index in [1.54, 1.807) is 7.11 Å². The summed E-state index contributed by atoms with van der Waals surface area (Å²) in [6.07, 6.45) is 7.44. The molecule has 0 aromatic rings. The number of methoxy groups -OCH3 is 1. The second kappa shape index (κ2) is 13.5. The van der Waals surface area contributed by atoms with Gasteiger partial charge in [-0.05, 0) is 37.0 Å². The molecular formula is C18H39NO2. The molecule has 0 radical (unpaired) electrons. The van der Waals surface area contributed by atoms with Gasteiger partial charge in [0.25, 0.3) is 0 Å². The molecule has 0 bridgehead atoms. The molecule has 0 aromatic heterocycles. The van der Waals surface area contributed by atoms with E-state index in [0.29, 0.717) is 5.41 Å². The van der Waals surface area contributed by atoms with Crippen LogP contribution in [0.25, 0.3) is 0 Å². The molecule has 1 unspecified atom stereocenters. The minimum Gasteiger partial charge on any atom is -0.383 e. The first-order valence-electron chi connectivity index (χ1n) is 8.87. The Bertz CT molecular complexity index is 221. The molecule has 3 nitrogen and oxygen atoms in total. The number of ether oxygens (including phenoxy) is 2. The van der Waals surface area contributed by atoms with E-state index in [-0.39, 0.29) is 0 Å². The zero-order chi connectivity index (χ0) is 16.0. The van der Waals surface area contributed by atoms with Crippen molar-refractivity contribution in [3.63, 3.8) is 0 Å². The Morgan fingerprint density at radius 3 is 2.38 bits per heavy atom. The van der Waals surface area contributed by atoms with Gasteiger partial charge in [-0.1, -0.05) is 40.5 Å². The molecule has 21 heavy (non-hydrogen) atoms. The molecule has 3 heteroatoms. The van der Waals surface area contributed by atoms with Gasteiger partial charge in [0.15, 0.2) is 0 Å².